The molecule has 2 rings (SSSR count). The Morgan fingerprint density at radius 2 is 2.06 bits per heavy atom. The molecule has 2 unspecified atom stereocenters. The lowest BCUT2D eigenvalue weighted by Gasteiger charge is -2.37. The van der Waals surface area contributed by atoms with E-state index < -0.39 is 0 Å². The van der Waals surface area contributed by atoms with E-state index in [0.29, 0.717) is 10.7 Å². The van der Waals surface area contributed by atoms with Gasteiger partial charge in [-0.2, -0.15) is 0 Å². The number of morpholine rings is 1. The summed E-state index contributed by atoms with van der Waals surface area (Å²) in [5.74, 6) is 0. The first-order valence-corrected chi connectivity index (χ1v) is 6.23. The van der Waals surface area contributed by atoms with Crippen molar-refractivity contribution in [3.05, 3.63) is 33.7 Å². The maximum Gasteiger partial charge on any atom is 0.0726 e. The van der Waals surface area contributed by atoms with Crippen molar-refractivity contribution in [2.45, 2.75) is 26.1 Å². The van der Waals surface area contributed by atoms with Crippen LogP contribution < -0.4 is 4.90 Å². The number of azide groups is 1. The van der Waals surface area contributed by atoms with Gasteiger partial charge >= 0.3 is 0 Å². The summed E-state index contributed by atoms with van der Waals surface area (Å²) in [5.41, 5.74) is 9.87. The summed E-state index contributed by atoms with van der Waals surface area (Å²) in [6, 6.07) is 5.34. The molecule has 96 valence electrons. The molecule has 2 atom stereocenters. The van der Waals surface area contributed by atoms with Crippen molar-refractivity contribution in [2.75, 3.05) is 18.0 Å². The number of benzene rings is 1. The van der Waals surface area contributed by atoms with Gasteiger partial charge in [0.05, 0.1) is 22.9 Å². The summed E-state index contributed by atoms with van der Waals surface area (Å²) >= 11 is 6.23. The van der Waals surface area contributed by atoms with Crippen LogP contribution in [0.2, 0.25) is 5.02 Å². The van der Waals surface area contributed by atoms with Crippen molar-refractivity contribution in [1.82, 2.24) is 0 Å². The van der Waals surface area contributed by atoms with Gasteiger partial charge in [0, 0.05) is 23.7 Å². The van der Waals surface area contributed by atoms with Crippen LogP contribution >= 0.6 is 11.6 Å². The lowest BCUT2D eigenvalue weighted by atomic mass is 10.2. The molecule has 0 aromatic heterocycles. The minimum Gasteiger partial charge on any atom is -0.372 e. The third-order valence-corrected chi connectivity index (χ3v) is 3.15. The average molecular weight is 267 g/mol. The number of hydrogen-bond donors (Lipinski definition) is 0. The lowest BCUT2D eigenvalue weighted by Crippen LogP contribution is -2.45. The molecule has 1 aromatic carbocycles. The molecule has 0 spiro atoms. The van der Waals surface area contributed by atoms with Crippen LogP contribution in [0, 0.1) is 0 Å². The van der Waals surface area contributed by atoms with E-state index in [4.69, 9.17) is 21.9 Å². The summed E-state index contributed by atoms with van der Waals surface area (Å²) in [6.07, 6.45) is 0.364. The first-order chi connectivity index (χ1) is 8.60. The molecule has 1 heterocycles. The highest BCUT2D eigenvalue weighted by Crippen LogP contribution is 2.31. The van der Waals surface area contributed by atoms with Gasteiger partial charge in [-0.15, -0.1) is 0 Å². The Labute approximate surface area is 111 Å². The number of ether oxygens (including phenoxy) is 1. The molecule has 0 saturated carbocycles. The Hall–Kier alpha value is -1.42. The summed E-state index contributed by atoms with van der Waals surface area (Å²) < 4.78 is 5.69. The van der Waals surface area contributed by atoms with Crippen LogP contribution in [0.5, 0.6) is 0 Å². The maximum absolute atomic E-state index is 8.39. The zero-order chi connectivity index (χ0) is 13.1. The fraction of sp³-hybridized carbons (Fsp3) is 0.500. The highest BCUT2D eigenvalue weighted by Gasteiger charge is 2.23. The zero-order valence-electron chi connectivity index (χ0n) is 10.4. The Kier molecular flexibility index (Phi) is 3.97. The smallest absolute Gasteiger partial charge is 0.0726 e. The van der Waals surface area contributed by atoms with Gasteiger partial charge in [0.15, 0.2) is 0 Å². The number of hydrogen-bond acceptors (Lipinski definition) is 3. The fourth-order valence-electron chi connectivity index (χ4n) is 2.24. The quantitative estimate of drug-likeness (QED) is 0.463. The molecule has 0 radical (unpaired) electrons. The van der Waals surface area contributed by atoms with E-state index in [2.05, 4.69) is 14.9 Å². The molecule has 1 aromatic rings. The molecule has 0 amide bonds. The normalized spacial score (nSPS) is 23.6. The molecule has 0 bridgehead atoms. The van der Waals surface area contributed by atoms with Gasteiger partial charge in [-0.1, -0.05) is 22.8 Å². The standard InChI is InChI=1S/C12H15ClN4O/c1-8-6-17(7-9(2)18-8)12-4-3-10(15-16-14)5-11(12)13/h3-5,8-9H,6-7H2,1-2H3. The first-order valence-electron chi connectivity index (χ1n) is 5.85. The van der Waals surface area contributed by atoms with Crippen LogP contribution in [0.3, 0.4) is 0 Å². The van der Waals surface area contributed by atoms with E-state index >= 15 is 0 Å². The van der Waals surface area contributed by atoms with Crippen molar-refractivity contribution in [3.8, 4) is 0 Å². The zero-order valence-corrected chi connectivity index (χ0v) is 11.1. The molecule has 1 aliphatic heterocycles. The van der Waals surface area contributed by atoms with Crippen molar-refractivity contribution in [2.24, 2.45) is 5.11 Å². The van der Waals surface area contributed by atoms with Gasteiger partial charge in [-0.05, 0) is 31.5 Å². The van der Waals surface area contributed by atoms with Crippen LogP contribution in [0.25, 0.3) is 10.4 Å². The average Bonchev–Trinajstić information content (AvgIpc) is 2.28. The van der Waals surface area contributed by atoms with Crippen LogP contribution in [-0.2, 0) is 4.74 Å². The van der Waals surface area contributed by atoms with E-state index in [1.807, 2.05) is 19.9 Å². The molecule has 1 fully saturated rings. The fourth-order valence-corrected chi connectivity index (χ4v) is 2.54. The third kappa shape index (κ3) is 2.88. The van der Waals surface area contributed by atoms with Crippen LogP contribution in [0.1, 0.15) is 13.8 Å². The second-order valence-electron chi connectivity index (χ2n) is 4.49. The summed E-state index contributed by atoms with van der Waals surface area (Å²) in [6.45, 7) is 5.71. The highest BCUT2D eigenvalue weighted by molar-refractivity contribution is 6.33. The Balaban J connectivity index is 2.25. The molecular formula is C12H15ClN4O. The first kappa shape index (κ1) is 13.0. The molecule has 18 heavy (non-hydrogen) atoms. The van der Waals surface area contributed by atoms with Gasteiger partial charge in [0.25, 0.3) is 0 Å². The van der Waals surface area contributed by atoms with Crippen molar-refractivity contribution in [1.29, 1.82) is 0 Å². The third-order valence-electron chi connectivity index (χ3n) is 2.85. The van der Waals surface area contributed by atoms with Gasteiger partial charge in [0.2, 0.25) is 0 Å². The van der Waals surface area contributed by atoms with Crippen molar-refractivity contribution < 1.29 is 4.74 Å². The largest absolute Gasteiger partial charge is 0.372 e. The van der Waals surface area contributed by atoms with Crippen LogP contribution in [-0.4, -0.2) is 25.3 Å². The molecular weight excluding hydrogens is 252 g/mol. The van der Waals surface area contributed by atoms with Crippen LogP contribution in [0.4, 0.5) is 11.4 Å². The van der Waals surface area contributed by atoms with Gasteiger partial charge in [-0.25, -0.2) is 0 Å². The SMILES string of the molecule is CC1CN(c2ccc(N=[N+]=[N-])cc2Cl)CC(C)O1. The number of rotatable bonds is 2. The van der Waals surface area contributed by atoms with E-state index in [9.17, 15) is 0 Å². The molecule has 6 heteroatoms. The lowest BCUT2D eigenvalue weighted by molar-refractivity contribution is -0.00520. The summed E-state index contributed by atoms with van der Waals surface area (Å²) in [5, 5.41) is 4.13. The monoisotopic (exact) mass is 266 g/mol. The summed E-state index contributed by atoms with van der Waals surface area (Å²) in [4.78, 5) is 4.94. The van der Waals surface area contributed by atoms with E-state index in [-0.39, 0.29) is 12.2 Å². The van der Waals surface area contributed by atoms with Gasteiger partial charge < -0.3 is 9.64 Å². The predicted molar refractivity (Wildman–Crippen MR) is 72.5 cm³/mol. The Morgan fingerprint density at radius 1 is 1.39 bits per heavy atom. The molecule has 1 saturated heterocycles. The second-order valence-corrected chi connectivity index (χ2v) is 4.89. The van der Waals surface area contributed by atoms with Crippen molar-refractivity contribution in [3.63, 3.8) is 0 Å². The van der Waals surface area contributed by atoms with E-state index in [1.165, 1.54) is 0 Å². The van der Waals surface area contributed by atoms with Crippen LogP contribution in [0.15, 0.2) is 23.3 Å². The topological polar surface area (TPSA) is 61.2 Å². The maximum atomic E-state index is 8.39. The van der Waals surface area contributed by atoms with Gasteiger partial charge in [-0.3, -0.25) is 0 Å². The second kappa shape index (κ2) is 5.48. The molecule has 5 nitrogen and oxygen atoms in total. The molecule has 0 aliphatic carbocycles. The number of halogens is 1. The minimum absolute atomic E-state index is 0.182. The Morgan fingerprint density at radius 3 is 2.61 bits per heavy atom. The molecule has 0 N–H and O–H groups in total. The van der Waals surface area contributed by atoms with E-state index in [0.717, 1.165) is 18.8 Å². The summed E-state index contributed by atoms with van der Waals surface area (Å²) in [7, 11) is 0. The highest BCUT2D eigenvalue weighted by atomic mass is 35.5. The Bertz CT molecular complexity index is 477. The molecule has 1 aliphatic rings. The number of anilines is 1. The van der Waals surface area contributed by atoms with Crippen molar-refractivity contribution >= 4 is 23.0 Å². The van der Waals surface area contributed by atoms with Gasteiger partial charge in [0.1, 0.15) is 0 Å². The minimum atomic E-state index is 0.182. The number of nitrogens with zero attached hydrogens (tertiary/aromatic N) is 4. The predicted octanol–water partition coefficient (Wildman–Crippen LogP) is 3.90. The van der Waals surface area contributed by atoms with E-state index in [1.54, 1.807) is 12.1 Å².